The van der Waals surface area contributed by atoms with Crippen molar-refractivity contribution in [3.8, 4) is 0 Å². The van der Waals surface area contributed by atoms with Crippen molar-refractivity contribution in [2.75, 3.05) is 25.5 Å². The number of carbonyl (C=O) groups is 2. The number of anilines is 1. The molecule has 2 aromatic rings. The summed E-state index contributed by atoms with van der Waals surface area (Å²) >= 11 is 0. The van der Waals surface area contributed by atoms with Gasteiger partial charge >= 0.3 is 0 Å². The van der Waals surface area contributed by atoms with E-state index >= 15 is 0 Å². The van der Waals surface area contributed by atoms with Gasteiger partial charge in [-0.1, -0.05) is 0 Å². The van der Waals surface area contributed by atoms with Gasteiger partial charge < -0.3 is 9.80 Å². The second-order valence-electron chi connectivity index (χ2n) is 7.05. The molecule has 0 spiro atoms. The number of likely N-dealkylation sites (N-methyl/N-ethyl adjacent to an activating group) is 2. The predicted octanol–water partition coefficient (Wildman–Crippen LogP) is 2.65. The van der Waals surface area contributed by atoms with Gasteiger partial charge in [-0.3, -0.25) is 14.6 Å². The molecular weight excluding hydrogens is 314 g/mol. The Hall–Kier alpha value is -2.69. The van der Waals surface area contributed by atoms with E-state index in [2.05, 4.69) is 4.98 Å². The van der Waals surface area contributed by atoms with Crippen LogP contribution in [0.15, 0.2) is 42.7 Å². The summed E-state index contributed by atoms with van der Waals surface area (Å²) in [5, 5.41) is 0. The SMILES string of the molecule is CN(CCc1ccncc1)C(=O)c1ccc2c(c1)C(C)(C)C(=O)N2C. The van der Waals surface area contributed by atoms with Crippen LogP contribution in [-0.4, -0.2) is 42.3 Å². The molecule has 0 bridgehead atoms. The Kier molecular flexibility index (Phi) is 4.33. The quantitative estimate of drug-likeness (QED) is 0.862. The van der Waals surface area contributed by atoms with Crippen LogP contribution in [0.2, 0.25) is 0 Å². The number of pyridine rings is 1. The summed E-state index contributed by atoms with van der Waals surface area (Å²) in [5.74, 6) is 0.0211. The van der Waals surface area contributed by atoms with Gasteiger partial charge in [-0.15, -0.1) is 0 Å². The number of carbonyl (C=O) groups excluding carboxylic acids is 2. The molecule has 0 aliphatic carbocycles. The van der Waals surface area contributed by atoms with Crippen LogP contribution in [0.5, 0.6) is 0 Å². The molecule has 2 heterocycles. The van der Waals surface area contributed by atoms with Crippen LogP contribution < -0.4 is 4.90 Å². The van der Waals surface area contributed by atoms with E-state index in [0.29, 0.717) is 12.1 Å². The Morgan fingerprint density at radius 3 is 2.56 bits per heavy atom. The van der Waals surface area contributed by atoms with Gasteiger partial charge in [0.15, 0.2) is 0 Å². The highest BCUT2D eigenvalue weighted by Crippen LogP contribution is 2.41. The third-order valence-electron chi connectivity index (χ3n) is 4.95. The van der Waals surface area contributed by atoms with Crippen LogP contribution in [0.1, 0.15) is 35.3 Å². The fraction of sp³-hybridized carbons (Fsp3) is 0.350. The summed E-state index contributed by atoms with van der Waals surface area (Å²) in [6, 6.07) is 9.44. The molecule has 0 saturated heterocycles. The molecule has 2 amide bonds. The minimum atomic E-state index is -0.601. The van der Waals surface area contributed by atoms with E-state index in [1.54, 1.807) is 42.4 Å². The highest BCUT2D eigenvalue weighted by molar-refractivity contribution is 6.08. The lowest BCUT2D eigenvalue weighted by Gasteiger charge is -2.19. The van der Waals surface area contributed by atoms with Crippen molar-refractivity contribution < 1.29 is 9.59 Å². The maximum Gasteiger partial charge on any atom is 0.253 e. The molecular formula is C20H23N3O2. The summed E-state index contributed by atoms with van der Waals surface area (Å²) in [5.41, 5.74) is 2.96. The van der Waals surface area contributed by atoms with Crippen LogP contribution in [-0.2, 0) is 16.6 Å². The molecule has 1 aromatic heterocycles. The smallest absolute Gasteiger partial charge is 0.253 e. The zero-order chi connectivity index (χ0) is 18.2. The Balaban J connectivity index is 1.77. The second-order valence-corrected chi connectivity index (χ2v) is 7.05. The number of fused-ring (bicyclic) bond motifs is 1. The maximum absolute atomic E-state index is 12.8. The molecule has 0 saturated carbocycles. The number of nitrogens with zero attached hydrogens (tertiary/aromatic N) is 3. The maximum atomic E-state index is 12.8. The zero-order valence-corrected chi connectivity index (χ0v) is 15.1. The van der Waals surface area contributed by atoms with E-state index in [9.17, 15) is 9.59 Å². The molecule has 0 N–H and O–H groups in total. The van der Waals surface area contributed by atoms with Crippen LogP contribution in [0.4, 0.5) is 5.69 Å². The third-order valence-corrected chi connectivity index (χ3v) is 4.95. The van der Waals surface area contributed by atoms with Gasteiger partial charge in [0.05, 0.1) is 5.41 Å². The number of hydrogen-bond donors (Lipinski definition) is 0. The van der Waals surface area contributed by atoms with Crippen molar-refractivity contribution in [2.24, 2.45) is 0 Å². The fourth-order valence-corrected chi connectivity index (χ4v) is 3.27. The lowest BCUT2D eigenvalue weighted by Crippen LogP contribution is -2.33. The number of amides is 2. The summed E-state index contributed by atoms with van der Waals surface area (Å²) in [7, 11) is 3.58. The highest BCUT2D eigenvalue weighted by atomic mass is 16.2. The van der Waals surface area contributed by atoms with Gasteiger partial charge in [-0.25, -0.2) is 0 Å². The van der Waals surface area contributed by atoms with Crippen molar-refractivity contribution in [3.63, 3.8) is 0 Å². The van der Waals surface area contributed by atoms with Gasteiger partial charge in [0.25, 0.3) is 5.91 Å². The average molecular weight is 337 g/mol. The molecule has 25 heavy (non-hydrogen) atoms. The van der Waals surface area contributed by atoms with Crippen LogP contribution in [0.3, 0.4) is 0 Å². The number of benzene rings is 1. The molecule has 1 aliphatic heterocycles. The first kappa shape index (κ1) is 17.1. The van der Waals surface area contributed by atoms with E-state index in [1.165, 1.54) is 0 Å². The summed E-state index contributed by atoms with van der Waals surface area (Å²) in [6.07, 6.45) is 4.29. The first-order chi connectivity index (χ1) is 11.8. The summed E-state index contributed by atoms with van der Waals surface area (Å²) < 4.78 is 0. The third kappa shape index (κ3) is 3.02. The molecule has 130 valence electrons. The first-order valence-corrected chi connectivity index (χ1v) is 8.39. The number of hydrogen-bond acceptors (Lipinski definition) is 3. The first-order valence-electron chi connectivity index (χ1n) is 8.39. The predicted molar refractivity (Wildman–Crippen MR) is 97.8 cm³/mol. The zero-order valence-electron chi connectivity index (χ0n) is 15.1. The minimum Gasteiger partial charge on any atom is -0.341 e. The number of aromatic nitrogens is 1. The molecule has 1 aromatic carbocycles. The monoisotopic (exact) mass is 337 g/mol. The Bertz CT molecular complexity index is 815. The molecule has 0 fully saturated rings. The lowest BCUT2D eigenvalue weighted by molar-refractivity contribution is -0.121. The molecule has 0 atom stereocenters. The molecule has 1 aliphatic rings. The van der Waals surface area contributed by atoms with Gasteiger partial charge in [0, 0.05) is 44.3 Å². The molecule has 3 rings (SSSR count). The average Bonchev–Trinajstić information content (AvgIpc) is 2.80. The van der Waals surface area contributed by atoms with Crippen molar-refractivity contribution in [1.29, 1.82) is 0 Å². The van der Waals surface area contributed by atoms with Crippen LogP contribution in [0, 0.1) is 0 Å². The number of rotatable bonds is 4. The van der Waals surface area contributed by atoms with Gasteiger partial charge in [-0.05, 0) is 61.7 Å². The van der Waals surface area contributed by atoms with Gasteiger partial charge in [0.2, 0.25) is 5.91 Å². The second kappa shape index (κ2) is 6.31. The summed E-state index contributed by atoms with van der Waals surface area (Å²) in [4.78, 5) is 32.5. The summed E-state index contributed by atoms with van der Waals surface area (Å²) in [6.45, 7) is 4.43. The van der Waals surface area contributed by atoms with Crippen molar-refractivity contribution in [2.45, 2.75) is 25.7 Å². The van der Waals surface area contributed by atoms with Crippen molar-refractivity contribution >= 4 is 17.5 Å². The molecule has 0 radical (unpaired) electrons. The van der Waals surface area contributed by atoms with E-state index in [-0.39, 0.29) is 11.8 Å². The largest absolute Gasteiger partial charge is 0.341 e. The van der Waals surface area contributed by atoms with Crippen LogP contribution >= 0.6 is 0 Å². The van der Waals surface area contributed by atoms with Crippen LogP contribution in [0.25, 0.3) is 0 Å². The minimum absolute atomic E-state index is 0.0327. The Labute approximate surface area is 148 Å². The van der Waals surface area contributed by atoms with Gasteiger partial charge in [0.1, 0.15) is 0 Å². The molecule has 5 heteroatoms. The van der Waals surface area contributed by atoms with Gasteiger partial charge in [-0.2, -0.15) is 0 Å². The van der Waals surface area contributed by atoms with E-state index in [1.807, 2.05) is 38.1 Å². The van der Waals surface area contributed by atoms with E-state index < -0.39 is 5.41 Å². The van der Waals surface area contributed by atoms with Crippen molar-refractivity contribution in [3.05, 3.63) is 59.4 Å². The lowest BCUT2D eigenvalue weighted by atomic mass is 9.85. The fourth-order valence-electron chi connectivity index (χ4n) is 3.27. The molecule has 5 nitrogen and oxygen atoms in total. The standard InChI is InChI=1S/C20H23N3O2/c1-20(2)16-13-15(5-6-17(16)23(4)19(20)25)18(24)22(3)12-9-14-7-10-21-11-8-14/h5-8,10-11,13H,9,12H2,1-4H3. The normalized spacial score (nSPS) is 15.2. The Morgan fingerprint density at radius 1 is 1.20 bits per heavy atom. The van der Waals surface area contributed by atoms with E-state index in [0.717, 1.165) is 23.2 Å². The Morgan fingerprint density at radius 2 is 1.88 bits per heavy atom. The molecule has 0 unspecified atom stereocenters. The highest BCUT2D eigenvalue weighted by Gasteiger charge is 2.42. The topological polar surface area (TPSA) is 53.5 Å². The van der Waals surface area contributed by atoms with Crippen molar-refractivity contribution in [1.82, 2.24) is 9.88 Å². The van der Waals surface area contributed by atoms with E-state index in [4.69, 9.17) is 0 Å².